The predicted octanol–water partition coefficient (Wildman–Crippen LogP) is 3.46. The van der Waals surface area contributed by atoms with Crippen molar-refractivity contribution in [3.8, 4) is 0 Å². The van der Waals surface area contributed by atoms with Gasteiger partial charge in [-0.05, 0) is 46.0 Å². The van der Waals surface area contributed by atoms with Crippen LogP contribution < -0.4 is 10.6 Å². The minimum atomic E-state index is -0.540. The van der Waals surface area contributed by atoms with E-state index in [1.165, 1.54) is 18.2 Å². The number of nitrogens with zero attached hydrogens (tertiary/aromatic N) is 2. The largest absolute Gasteiger partial charge is 0.357 e. The first-order valence-corrected chi connectivity index (χ1v) is 8.33. The highest BCUT2D eigenvalue weighted by atomic mass is 127. The Morgan fingerprint density at radius 2 is 1.84 bits per heavy atom. The normalized spacial score (nSPS) is 16.0. The summed E-state index contributed by atoms with van der Waals surface area (Å²) in [6.45, 7) is 2.98. The molecule has 140 valence electrons. The zero-order valence-electron chi connectivity index (χ0n) is 14.9. The van der Waals surface area contributed by atoms with Gasteiger partial charge >= 0.3 is 0 Å². The second kappa shape index (κ2) is 10.7. The first-order chi connectivity index (χ1) is 11.5. The molecule has 4 nitrogen and oxygen atoms in total. The van der Waals surface area contributed by atoms with E-state index in [9.17, 15) is 8.78 Å². The molecule has 0 radical (unpaired) electrons. The van der Waals surface area contributed by atoms with Gasteiger partial charge in [-0.15, -0.1) is 24.0 Å². The van der Waals surface area contributed by atoms with Gasteiger partial charge in [0, 0.05) is 18.2 Å². The maximum Gasteiger partial charge on any atom is 0.191 e. The van der Waals surface area contributed by atoms with Crippen molar-refractivity contribution in [3.05, 3.63) is 47.5 Å². The maximum atomic E-state index is 14.1. The van der Waals surface area contributed by atoms with Gasteiger partial charge in [-0.3, -0.25) is 4.99 Å². The smallest absolute Gasteiger partial charge is 0.191 e. The van der Waals surface area contributed by atoms with Crippen molar-refractivity contribution in [2.75, 3.05) is 27.2 Å². The first kappa shape index (κ1) is 21.8. The molecule has 1 aliphatic carbocycles. The number of hydrogen-bond donors (Lipinski definition) is 2. The zero-order chi connectivity index (χ0) is 17.5. The van der Waals surface area contributed by atoms with E-state index in [0.717, 1.165) is 19.4 Å². The number of likely N-dealkylation sites (N-methyl/N-ethyl adjacent to an activating group) is 1. The molecule has 0 saturated carbocycles. The van der Waals surface area contributed by atoms with Gasteiger partial charge in [0.05, 0.1) is 12.6 Å². The van der Waals surface area contributed by atoms with Crippen LogP contribution in [0.5, 0.6) is 0 Å². The van der Waals surface area contributed by atoms with Crippen LogP contribution in [0.15, 0.2) is 35.3 Å². The number of aliphatic imine (C=N–C) groups is 1. The summed E-state index contributed by atoms with van der Waals surface area (Å²) in [6, 6.07) is 3.80. The SMILES string of the molecule is CCNC(=NCC(c1c(F)cccc1F)N(C)C)NC1CC=CC1.I. The Balaban J connectivity index is 0.00000312. The molecule has 1 aromatic carbocycles. The van der Waals surface area contributed by atoms with Crippen molar-refractivity contribution in [3.63, 3.8) is 0 Å². The van der Waals surface area contributed by atoms with E-state index in [-0.39, 0.29) is 36.1 Å². The molecule has 1 aliphatic rings. The van der Waals surface area contributed by atoms with Crippen LogP contribution in [-0.2, 0) is 0 Å². The van der Waals surface area contributed by atoms with Gasteiger partial charge in [-0.25, -0.2) is 8.78 Å². The molecule has 25 heavy (non-hydrogen) atoms. The number of benzene rings is 1. The van der Waals surface area contributed by atoms with Crippen molar-refractivity contribution in [2.24, 2.45) is 4.99 Å². The molecule has 0 aromatic heterocycles. The molecule has 2 rings (SSSR count). The van der Waals surface area contributed by atoms with Crippen molar-refractivity contribution >= 4 is 29.9 Å². The lowest BCUT2D eigenvalue weighted by Gasteiger charge is -2.25. The van der Waals surface area contributed by atoms with Gasteiger partial charge in [0.15, 0.2) is 5.96 Å². The van der Waals surface area contributed by atoms with E-state index in [0.29, 0.717) is 12.0 Å². The minimum absolute atomic E-state index is 0. The fourth-order valence-corrected chi connectivity index (χ4v) is 2.77. The Morgan fingerprint density at radius 3 is 2.36 bits per heavy atom. The van der Waals surface area contributed by atoms with E-state index < -0.39 is 17.7 Å². The van der Waals surface area contributed by atoms with Crippen molar-refractivity contribution in [2.45, 2.75) is 31.8 Å². The molecule has 7 heteroatoms. The Kier molecular flexibility index (Phi) is 9.34. The molecule has 1 aromatic rings. The van der Waals surface area contributed by atoms with Crippen LogP contribution in [0.25, 0.3) is 0 Å². The van der Waals surface area contributed by atoms with Gasteiger partial charge in [0.1, 0.15) is 11.6 Å². The van der Waals surface area contributed by atoms with Gasteiger partial charge < -0.3 is 15.5 Å². The molecule has 0 spiro atoms. The summed E-state index contributed by atoms with van der Waals surface area (Å²) in [4.78, 5) is 6.33. The molecule has 1 atom stereocenters. The highest BCUT2D eigenvalue weighted by Crippen LogP contribution is 2.24. The molecule has 0 heterocycles. The van der Waals surface area contributed by atoms with Crippen molar-refractivity contribution < 1.29 is 8.78 Å². The van der Waals surface area contributed by atoms with Gasteiger partial charge in [0.25, 0.3) is 0 Å². The number of halogens is 3. The van der Waals surface area contributed by atoms with Crippen LogP contribution in [0.2, 0.25) is 0 Å². The molecular weight excluding hydrogens is 437 g/mol. The first-order valence-electron chi connectivity index (χ1n) is 8.33. The lowest BCUT2D eigenvalue weighted by atomic mass is 10.0. The van der Waals surface area contributed by atoms with Crippen LogP contribution in [0.3, 0.4) is 0 Å². The molecule has 0 fully saturated rings. The lowest BCUT2D eigenvalue weighted by molar-refractivity contribution is 0.290. The van der Waals surface area contributed by atoms with Crippen LogP contribution in [-0.4, -0.2) is 44.1 Å². The van der Waals surface area contributed by atoms with Crippen LogP contribution in [0.1, 0.15) is 31.4 Å². The summed E-state index contributed by atoms with van der Waals surface area (Å²) in [6.07, 6.45) is 6.20. The van der Waals surface area contributed by atoms with E-state index in [2.05, 4.69) is 27.8 Å². The summed E-state index contributed by atoms with van der Waals surface area (Å²) in [5, 5.41) is 6.55. The molecule has 0 bridgehead atoms. The third kappa shape index (κ3) is 6.22. The van der Waals surface area contributed by atoms with E-state index in [4.69, 9.17) is 0 Å². The Hall–Kier alpha value is -1.22. The average molecular weight is 464 g/mol. The Bertz CT molecular complexity index is 576. The molecule has 0 saturated heterocycles. The molecule has 0 amide bonds. The number of nitrogens with one attached hydrogen (secondary N) is 2. The summed E-state index contributed by atoms with van der Waals surface area (Å²) in [5.41, 5.74) is 0.0598. The molecular formula is C18H27F2IN4. The lowest BCUT2D eigenvalue weighted by Crippen LogP contribution is -2.43. The predicted molar refractivity (Wildman–Crippen MR) is 109 cm³/mol. The maximum absolute atomic E-state index is 14.1. The van der Waals surface area contributed by atoms with Crippen molar-refractivity contribution in [1.82, 2.24) is 15.5 Å². The van der Waals surface area contributed by atoms with Crippen LogP contribution in [0.4, 0.5) is 8.78 Å². The summed E-state index contributed by atoms with van der Waals surface area (Å²) >= 11 is 0. The number of guanidine groups is 1. The Labute approximate surface area is 165 Å². The van der Waals surface area contributed by atoms with Gasteiger partial charge in [-0.2, -0.15) is 0 Å². The second-order valence-corrected chi connectivity index (χ2v) is 6.12. The third-order valence-electron chi connectivity index (χ3n) is 4.07. The molecule has 2 N–H and O–H groups in total. The van der Waals surface area contributed by atoms with E-state index in [1.807, 2.05) is 6.92 Å². The summed E-state index contributed by atoms with van der Waals surface area (Å²) < 4.78 is 28.2. The quantitative estimate of drug-likeness (QED) is 0.293. The van der Waals surface area contributed by atoms with Crippen LogP contribution >= 0.6 is 24.0 Å². The highest BCUT2D eigenvalue weighted by molar-refractivity contribution is 14.0. The third-order valence-corrected chi connectivity index (χ3v) is 4.07. The summed E-state index contributed by atoms with van der Waals surface area (Å²) in [5.74, 6) is -0.404. The molecule has 0 aliphatic heterocycles. The van der Waals surface area contributed by atoms with Gasteiger partial charge in [-0.1, -0.05) is 18.2 Å². The van der Waals surface area contributed by atoms with Gasteiger partial charge in [0.2, 0.25) is 0 Å². The number of hydrogen-bond acceptors (Lipinski definition) is 2. The Morgan fingerprint density at radius 1 is 1.24 bits per heavy atom. The minimum Gasteiger partial charge on any atom is -0.357 e. The zero-order valence-corrected chi connectivity index (χ0v) is 17.3. The fraction of sp³-hybridized carbons (Fsp3) is 0.500. The standard InChI is InChI=1S/C18H26F2N4.HI/c1-4-21-18(23-13-8-5-6-9-13)22-12-16(24(2)3)17-14(19)10-7-11-15(17)20;/h5-7,10-11,13,16H,4,8-9,12H2,1-3H3,(H2,21,22,23);1H. The topological polar surface area (TPSA) is 39.7 Å². The second-order valence-electron chi connectivity index (χ2n) is 6.12. The highest BCUT2D eigenvalue weighted by Gasteiger charge is 2.22. The van der Waals surface area contributed by atoms with Crippen LogP contribution in [0, 0.1) is 11.6 Å². The van der Waals surface area contributed by atoms with E-state index >= 15 is 0 Å². The monoisotopic (exact) mass is 464 g/mol. The van der Waals surface area contributed by atoms with Crippen molar-refractivity contribution in [1.29, 1.82) is 0 Å². The van der Waals surface area contributed by atoms with E-state index in [1.54, 1.807) is 19.0 Å². The average Bonchev–Trinajstić information content (AvgIpc) is 3.02. The number of rotatable bonds is 6. The molecule has 1 unspecified atom stereocenters. The fourth-order valence-electron chi connectivity index (χ4n) is 2.77. The summed E-state index contributed by atoms with van der Waals surface area (Å²) in [7, 11) is 3.60.